The zero-order valence-corrected chi connectivity index (χ0v) is 12.3. The Morgan fingerprint density at radius 3 is 2.63 bits per heavy atom. The van der Waals surface area contributed by atoms with Gasteiger partial charge in [-0.25, -0.2) is 0 Å². The van der Waals surface area contributed by atoms with Crippen LogP contribution < -0.4 is 5.32 Å². The van der Waals surface area contributed by atoms with Crippen molar-refractivity contribution in [2.45, 2.75) is 45.7 Å². The van der Waals surface area contributed by atoms with Gasteiger partial charge in [-0.2, -0.15) is 0 Å². The minimum absolute atomic E-state index is 0.669. The van der Waals surface area contributed by atoms with Gasteiger partial charge in [-0.3, -0.25) is 9.88 Å². The second kappa shape index (κ2) is 7.61. The van der Waals surface area contributed by atoms with Crippen LogP contribution in [0.15, 0.2) is 24.5 Å². The van der Waals surface area contributed by atoms with Crippen molar-refractivity contribution in [2.75, 3.05) is 19.6 Å². The van der Waals surface area contributed by atoms with Gasteiger partial charge in [-0.1, -0.05) is 6.92 Å². The van der Waals surface area contributed by atoms with E-state index in [1.807, 2.05) is 12.4 Å². The van der Waals surface area contributed by atoms with E-state index in [2.05, 4.69) is 41.2 Å². The Morgan fingerprint density at radius 2 is 2.00 bits per heavy atom. The quantitative estimate of drug-likeness (QED) is 0.853. The number of hydrogen-bond donors (Lipinski definition) is 1. The molecule has 1 atom stereocenters. The van der Waals surface area contributed by atoms with Crippen LogP contribution in [0.4, 0.5) is 0 Å². The van der Waals surface area contributed by atoms with Crippen molar-refractivity contribution in [3.63, 3.8) is 0 Å². The van der Waals surface area contributed by atoms with Gasteiger partial charge in [-0.05, 0) is 69.4 Å². The van der Waals surface area contributed by atoms with E-state index in [1.54, 1.807) is 0 Å². The van der Waals surface area contributed by atoms with Crippen LogP contribution in [0.25, 0.3) is 0 Å². The zero-order chi connectivity index (χ0) is 13.5. The second-order valence-corrected chi connectivity index (χ2v) is 5.71. The fourth-order valence-electron chi connectivity index (χ4n) is 2.90. The molecule has 106 valence electrons. The van der Waals surface area contributed by atoms with Crippen molar-refractivity contribution in [3.05, 3.63) is 30.1 Å². The topological polar surface area (TPSA) is 28.2 Å². The molecule has 0 amide bonds. The van der Waals surface area contributed by atoms with Gasteiger partial charge in [0.05, 0.1) is 0 Å². The van der Waals surface area contributed by atoms with Gasteiger partial charge in [0.1, 0.15) is 0 Å². The lowest BCUT2D eigenvalue weighted by Gasteiger charge is -2.35. The van der Waals surface area contributed by atoms with E-state index in [0.29, 0.717) is 6.04 Å². The molecule has 1 unspecified atom stereocenters. The first-order valence-corrected chi connectivity index (χ1v) is 7.64. The Kier molecular flexibility index (Phi) is 5.80. The highest BCUT2D eigenvalue weighted by atomic mass is 15.1. The van der Waals surface area contributed by atoms with Crippen LogP contribution in [0.5, 0.6) is 0 Å². The number of nitrogens with one attached hydrogen (secondary N) is 1. The maximum atomic E-state index is 4.08. The highest BCUT2D eigenvalue weighted by Crippen LogP contribution is 2.21. The first-order chi connectivity index (χ1) is 9.29. The smallest absolute Gasteiger partial charge is 0.0271 e. The molecular formula is C16H27N3. The molecule has 1 fully saturated rings. The third-order valence-electron chi connectivity index (χ3n) is 4.21. The summed E-state index contributed by atoms with van der Waals surface area (Å²) in [6.45, 7) is 9.26. The van der Waals surface area contributed by atoms with E-state index in [1.165, 1.54) is 37.9 Å². The standard InChI is InChI=1S/C16H27N3/c1-3-8-18-14(2)16-6-11-19(12-7-16)13-15-4-9-17-10-5-15/h4-5,9-10,14,16,18H,3,6-8,11-13H2,1-2H3. The number of rotatable bonds is 6. The number of piperidine rings is 1. The van der Waals surface area contributed by atoms with E-state index >= 15 is 0 Å². The molecule has 0 saturated carbocycles. The highest BCUT2D eigenvalue weighted by molar-refractivity contribution is 5.09. The SMILES string of the molecule is CCCNC(C)C1CCN(Cc2ccncc2)CC1. The highest BCUT2D eigenvalue weighted by Gasteiger charge is 2.23. The third kappa shape index (κ3) is 4.59. The Balaban J connectivity index is 1.73. The van der Waals surface area contributed by atoms with Crippen LogP contribution in [-0.2, 0) is 6.54 Å². The Hall–Kier alpha value is -0.930. The summed E-state index contributed by atoms with van der Waals surface area (Å²) in [7, 11) is 0. The Bertz CT molecular complexity index is 344. The molecule has 1 aliphatic rings. The summed E-state index contributed by atoms with van der Waals surface area (Å²) >= 11 is 0. The van der Waals surface area contributed by atoms with E-state index in [4.69, 9.17) is 0 Å². The molecule has 3 heteroatoms. The second-order valence-electron chi connectivity index (χ2n) is 5.71. The number of aromatic nitrogens is 1. The van der Waals surface area contributed by atoms with Crippen molar-refractivity contribution in [2.24, 2.45) is 5.92 Å². The lowest BCUT2D eigenvalue weighted by Crippen LogP contribution is -2.41. The maximum absolute atomic E-state index is 4.08. The molecule has 19 heavy (non-hydrogen) atoms. The number of hydrogen-bond acceptors (Lipinski definition) is 3. The molecule has 1 aromatic heterocycles. The molecule has 1 aromatic rings. The van der Waals surface area contributed by atoms with E-state index < -0.39 is 0 Å². The van der Waals surface area contributed by atoms with E-state index in [0.717, 1.165) is 19.0 Å². The molecule has 1 N–H and O–H groups in total. The Morgan fingerprint density at radius 1 is 1.32 bits per heavy atom. The molecule has 1 aliphatic heterocycles. The molecule has 0 radical (unpaired) electrons. The fraction of sp³-hybridized carbons (Fsp3) is 0.688. The lowest BCUT2D eigenvalue weighted by atomic mass is 9.90. The van der Waals surface area contributed by atoms with Gasteiger partial charge in [0.25, 0.3) is 0 Å². The lowest BCUT2D eigenvalue weighted by molar-refractivity contribution is 0.156. The average Bonchev–Trinajstić information content (AvgIpc) is 2.46. The average molecular weight is 261 g/mol. The predicted octanol–water partition coefficient (Wildman–Crippen LogP) is 2.68. The molecule has 0 bridgehead atoms. The van der Waals surface area contributed by atoms with Gasteiger partial charge in [0.2, 0.25) is 0 Å². The van der Waals surface area contributed by atoms with Crippen molar-refractivity contribution < 1.29 is 0 Å². The molecule has 2 heterocycles. The molecule has 3 nitrogen and oxygen atoms in total. The summed E-state index contributed by atoms with van der Waals surface area (Å²) in [6, 6.07) is 4.91. The van der Waals surface area contributed by atoms with Gasteiger partial charge in [0.15, 0.2) is 0 Å². The Labute approximate surface area is 117 Å². The summed E-state index contributed by atoms with van der Waals surface area (Å²) in [5.41, 5.74) is 1.38. The number of likely N-dealkylation sites (tertiary alicyclic amines) is 1. The zero-order valence-electron chi connectivity index (χ0n) is 12.3. The first kappa shape index (κ1) is 14.5. The molecule has 0 aromatic carbocycles. The first-order valence-electron chi connectivity index (χ1n) is 7.64. The van der Waals surface area contributed by atoms with E-state index in [-0.39, 0.29) is 0 Å². The van der Waals surface area contributed by atoms with Crippen LogP contribution in [-0.4, -0.2) is 35.6 Å². The van der Waals surface area contributed by atoms with Crippen molar-refractivity contribution in [1.82, 2.24) is 15.2 Å². The third-order valence-corrected chi connectivity index (χ3v) is 4.21. The minimum Gasteiger partial charge on any atom is -0.314 e. The van der Waals surface area contributed by atoms with Crippen molar-refractivity contribution >= 4 is 0 Å². The monoisotopic (exact) mass is 261 g/mol. The van der Waals surface area contributed by atoms with Crippen molar-refractivity contribution in [1.29, 1.82) is 0 Å². The van der Waals surface area contributed by atoms with Gasteiger partial charge in [-0.15, -0.1) is 0 Å². The largest absolute Gasteiger partial charge is 0.314 e. The fourth-order valence-corrected chi connectivity index (χ4v) is 2.90. The summed E-state index contributed by atoms with van der Waals surface area (Å²) in [4.78, 5) is 6.64. The summed E-state index contributed by atoms with van der Waals surface area (Å²) < 4.78 is 0. The van der Waals surface area contributed by atoms with Crippen LogP contribution in [0.3, 0.4) is 0 Å². The van der Waals surface area contributed by atoms with Gasteiger partial charge in [0, 0.05) is 25.0 Å². The van der Waals surface area contributed by atoms with Crippen LogP contribution >= 0.6 is 0 Å². The number of nitrogens with zero attached hydrogens (tertiary/aromatic N) is 2. The molecule has 2 rings (SSSR count). The van der Waals surface area contributed by atoms with Crippen molar-refractivity contribution in [3.8, 4) is 0 Å². The summed E-state index contributed by atoms with van der Waals surface area (Å²) in [5.74, 6) is 0.847. The van der Waals surface area contributed by atoms with Crippen LogP contribution in [0.2, 0.25) is 0 Å². The predicted molar refractivity (Wildman–Crippen MR) is 80.0 cm³/mol. The molecule has 0 spiro atoms. The van der Waals surface area contributed by atoms with Gasteiger partial charge >= 0.3 is 0 Å². The summed E-state index contributed by atoms with van der Waals surface area (Å²) in [5, 5.41) is 3.64. The molecule has 0 aliphatic carbocycles. The molecular weight excluding hydrogens is 234 g/mol. The van der Waals surface area contributed by atoms with E-state index in [9.17, 15) is 0 Å². The number of pyridine rings is 1. The van der Waals surface area contributed by atoms with Crippen LogP contribution in [0.1, 0.15) is 38.7 Å². The maximum Gasteiger partial charge on any atom is 0.0271 e. The summed E-state index contributed by atoms with van der Waals surface area (Å²) in [6.07, 6.45) is 7.65. The molecule has 1 saturated heterocycles. The van der Waals surface area contributed by atoms with Crippen LogP contribution in [0, 0.1) is 5.92 Å². The minimum atomic E-state index is 0.669. The normalized spacial score (nSPS) is 19.5. The van der Waals surface area contributed by atoms with Gasteiger partial charge < -0.3 is 5.32 Å².